The van der Waals surface area contributed by atoms with Crippen LogP contribution >= 0.6 is 11.6 Å². The first-order valence-electron chi connectivity index (χ1n) is 5.02. The number of ether oxygens (including phenoxy) is 1. The number of nitrogens with two attached hydrogens (primary N) is 1. The molecule has 0 heterocycles. The maximum Gasteiger partial charge on any atom is 0.138 e. The van der Waals surface area contributed by atoms with Crippen LogP contribution in [0.1, 0.15) is 19.3 Å². The lowest BCUT2D eigenvalue weighted by molar-refractivity contribution is 0.208. The Labute approximate surface area is 93.2 Å². The van der Waals surface area contributed by atoms with E-state index in [1.54, 1.807) is 6.07 Å². The lowest BCUT2D eigenvalue weighted by Gasteiger charge is -2.14. The Balaban J connectivity index is 2.04. The Hall–Kier alpha value is -0.800. The van der Waals surface area contributed by atoms with Gasteiger partial charge in [-0.25, -0.2) is 4.39 Å². The normalized spacial score (nSPS) is 25.5. The predicted molar refractivity (Wildman–Crippen MR) is 57.7 cm³/mol. The first-order valence-corrected chi connectivity index (χ1v) is 5.40. The Bertz CT molecular complexity index is 358. The van der Waals surface area contributed by atoms with E-state index in [-0.39, 0.29) is 18.0 Å². The molecule has 2 atom stereocenters. The van der Waals surface area contributed by atoms with Crippen LogP contribution in [0.2, 0.25) is 5.02 Å². The third kappa shape index (κ3) is 2.61. The summed E-state index contributed by atoms with van der Waals surface area (Å²) in [5, 5.41) is 0.315. The molecule has 2 unspecified atom stereocenters. The zero-order valence-corrected chi connectivity index (χ0v) is 9.01. The highest BCUT2D eigenvalue weighted by Crippen LogP contribution is 2.29. The van der Waals surface area contributed by atoms with Crippen molar-refractivity contribution in [3.8, 4) is 5.75 Å². The predicted octanol–water partition coefficient (Wildman–Crippen LogP) is 2.74. The SMILES string of the molecule is NC1CCC(Oc2ccc(F)cc2Cl)C1. The second-order valence-corrected chi connectivity index (χ2v) is 4.29. The van der Waals surface area contributed by atoms with Gasteiger partial charge in [-0.1, -0.05) is 11.6 Å². The van der Waals surface area contributed by atoms with E-state index in [0.29, 0.717) is 10.8 Å². The Morgan fingerprint density at radius 1 is 1.40 bits per heavy atom. The van der Waals surface area contributed by atoms with Crippen LogP contribution in [-0.4, -0.2) is 12.1 Å². The highest BCUT2D eigenvalue weighted by molar-refractivity contribution is 6.32. The van der Waals surface area contributed by atoms with Gasteiger partial charge in [0.15, 0.2) is 0 Å². The molecule has 2 nitrogen and oxygen atoms in total. The van der Waals surface area contributed by atoms with Crippen molar-refractivity contribution in [2.24, 2.45) is 5.73 Å². The molecule has 0 aromatic heterocycles. The van der Waals surface area contributed by atoms with Crippen LogP contribution in [0.15, 0.2) is 18.2 Å². The zero-order valence-electron chi connectivity index (χ0n) is 8.25. The van der Waals surface area contributed by atoms with Gasteiger partial charge in [-0.3, -0.25) is 0 Å². The largest absolute Gasteiger partial charge is 0.489 e. The lowest BCUT2D eigenvalue weighted by atomic mass is 10.2. The summed E-state index contributed by atoms with van der Waals surface area (Å²) in [6.07, 6.45) is 2.87. The molecule has 1 aliphatic rings. The highest BCUT2D eigenvalue weighted by Gasteiger charge is 2.23. The Morgan fingerprint density at radius 2 is 2.20 bits per heavy atom. The molecule has 0 saturated heterocycles. The Kier molecular flexibility index (Phi) is 3.12. The van der Waals surface area contributed by atoms with Gasteiger partial charge in [-0.05, 0) is 37.5 Å². The van der Waals surface area contributed by atoms with E-state index in [1.807, 2.05) is 0 Å². The van der Waals surface area contributed by atoms with Crippen molar-refractivity contribution in [3.05, 3.63) is 29.0 Å². The Morgan fingerprint density at radius 3 is 2.80 bits per heavy atom. The number of benzene rings is 1. The van der Waals surface area contributed by atoms with Gasteiger partial charge in [0.25, 0.3) is 0 Å². The van der Waals surface area contributed by atoms with Crippen LogP contribution < -0.4 is 10.5 Å². The fourth-order valence-electron chi connectivity index (χ4n) is 1.83. The number of halogens is 2. The molecular formula is C11H13ClFNO. The lowest BCUT2D eigenvalue weighted by Crippen LogP contribution is -2.19. The third-order valence-electron chi connectivity index (χ3n) is 2.61. The average Bonchev–Trinajstić information content (AvgIpc) is 2.56. The summed E-state index contributed by atoms with van der Waals surface area (Å²) >= 11 is 5.85. The van der Waals surface area contributed by atoms with E-state index in [9.17, 15) is 4.39 Å². The summed E-state index contributed by atoms with van der Waals surface area (Å²) in [6, 6.07) is 4.37. The van der Waals surface area contributed by atoms with Crippen molar-refractivity contribution < 1.29 is 9.13 Å². The minimum absolute atomic E-state index is 0.114. The quantitative estimate of drug-likeness (QED) is 0.847. The van der Waals surface area contributed by atoms with Crippen LogP contribution in [0.5, 0.6) is 5.75 Å². The molecule has 4 heteroatoms. The molecule has 1 aromatic carbocycles. The van der Waals surface area contributed by atoms with Gasteiger partial charge in [-0.15, -0.1) is 0 Å². The van der Waals surface area contributed by atoms with Crippen LogP contribution in [0, 0.1) is 5.82 Å². The molecule has 1 aromatic rings. The molecule has 2 N–H and O–H groups in total. The van der Waals surface area contributed by atoms with Crippen molar-refractivity contribution in [2.75, 3.05) is 0 Å². The highest BCUT2D eigenvalue weighted by atomic mass is 35.5. The number of hydrogen-bond donors (Lipinski definition) is 1. The molecule has 1 fully saturated rings. The monoisotopic (exact) mass is 229 g/mol. The average molecular weight is 230 g/mol. The van der Waals surface area contributed by atoms with E-state index in [2.05, 4.69) is 0 Å². The molecule has 1 aliphatic carbocycles. The van der Waals surface area contributed by atoms with Gasteiger partial charge in [0.1, 0.15) is 17.7 Å². The summed E-state index contributed by atoms with van der Waals surface area (Å²) in [4.78, 5) is 0. The van der Waals surface area contributed by atoms with Crippen molar-refractivity contribution in [1.82, 2.24) is 0 Å². The van der Waals surface area contributed by atoms with Crippen LogP contribution in [-0.2, 0) is 0 Å². The van der Waals surface area contributed by atoms with E-state index in [4.69, 9.17) is 22.1 Å². The molecule has 82 valence electrons. The maximum atomic E-state index is 12.8. The van der Waals surface area contributed by atoms with Gasteiger partial charge < -0.3 is 10.5 Å². The fraction of sp³-hybridized carbons (Fsp3) is 0.455. The van der Waals surface area contributed by atoms with E-state index in [0.717, 1.165) is 19.3 Å². The van der Waals surface area contributed by atoms with Crippen molar-refractivity contribution >= 4 is 11.6 Å². The van der Waals surface area contributed by atoms with E-state index < -0.39 is 0 Å². The minimum atomic E-state index is -0.351. The first-order chi connectivity index (χ1) is 7.15. The smallest absolute Gasteiger partial charge is 0.138 e. The molecule has 2 rings (SSSR count). The van der Waals surface area contributed by atoms with Crippen LogP contribution in [0.3, 0.4) is 0 Å². The molecule has 0 spiro atoms. The third-order valence-corrected chi connectivity index (χ3v) is 2.91. The van der Waals surface area contributed by atoms with Gasteiger partial charge in [0.05, 0.1) is 5.02 Å². The van der Waals surface area contributed by atoms with E-state index in [1.165, 1.54) is 12.1 Å². The van der Waals surface area contributed by atoms with Gasteiger partial charge >= 0.3 is 0 Å². The summed E-state index contributed by atoms with van der Waals surface area (Å²) < 4.78 is 18.4. The molecule has 0 amide bonds. The second-order valence-electron chi connectivity index (χ2n) is 3.89. The standard InChI is InChI=1S/C11H13ClFNO/c12-10-5-7(13)1-4-11(10)15-9-3-2-8(14)6-9/h1,4-5,8-9H,2-3,6,14H2. The van der Waals surface area contributed by atoms with Crippen molar-refractivity contribution in [2.45, 2.75) is 31.4 Å². The number of hydrogen-bond acceptors (Lipinski definition) is 2. The summed E-state index contributed by atoms with van der Waals surface area (Å²) in [7, 11) is 0. The van der Waals surface area contributed by atoms with Crippen LogP contribution in [0.4, 0.5) is 4.39 Å². The molecular weight excluding hydrogens is 217 g/mol. The molecule has 0 aliphatic heterocycles. The van der Waals surface area contributed by atoms with Crippen LogP contribution in [0.25, 0.3) is 0 Å². The maximum absolute atomic E-state index is 12.8. The molecule has 0 radical (unpaired) electrons. The minimum Gasteiger partial charge on any atom is -0.489 e. The molecule has 15 heavy (non-hydrogen) atoms. The van der Waals surface area contributed by atoms with Gasteiger partial charge in [0, 0.05) is 6.04 Å². The topological polar surface area (TPSA) is 35.2 Å². The molecule has 1 saturated carbocycles. The molecule has 0 bridgehead atoms. The van der Waals surface area contributed by atoms with E-state index >= 15 is 0 Å². The van der Waals surface area contributed by atoms with Crippen molar-refractivity contribution in [3.63, 3.8) is 0 Å². The van der Waals surface area contributed by atoms with Crippen molar-refractivity contribution in [1.29, 1.82) is 0 Å². The summed E-state index contributed by atoms with van der Waals surface area (Å²) in [6.45, 7) is 0. The summed E-state index contributed by atoms with van der Waals surface area (Å²) in [5.74, 6) is 0.188. The van der Waals surface area contributed by atoms with Gasteiger partial charge in [0.2, 0.25) is 0 Å². The zero-order chi connectivity index (χ0) is 10.8. The fourth-order valence-corrected chi connectivity index (χ4v) is 2.04. The second kappa shape index (κ2) is 4.37. The summed E-state index contributed by atoms with van der Waals surface area (Å²) in [5.41, 5.74) is 5.77. The first kappa shape index (κ1) is 10.7. The number of rotatable bonds is 2. The van der Waals surface area contributed by atoms with Gasteiger partial charge in [-0.2, -0.15) is 0 Å².